The van der Waals surface area contributed by atoms with Crippen molar-refractivity contribution < 1.29 is 9.59 Å². The molecule has 0 amide bonds. The molecular weight excluding hydrogens is 226 g/mol. The first-order valence-corrected chi connectivity index (χ1v) is 6.55. The van der Waals surface area contributed by atoms with Crippen molar-refractivity contribution in [3.05, 3.63) is 29.3 Å². The summed E-state index contributed by atoms with van der Waals surface area (Å²) >= 11 is 0. The molecule has 1 saturated carbocycles. The van der Waals surface area contributed by atoms with Crippen molar-refractivity contribution in [1.29, 1.82) is 0 Å². The van der Waals surface area contributed by atoms with Crippen molar-refractivity contribution in [2.75, 3.05) is 18.5 Å². The topological polar surface area (TPSA) is 37.4 Å². The number of nitrogens with zero attached hydrogens (tertiary/aromatic N) is 1. The highest BCUT2D eigenvalue weighted by Crippen LogP contribution is 2.30. The van der Waals surface area contributed by atoms with Crippen LogP contribution in [0.4, 0.5) is 5.69 Å². The second-order valence-electron chi connectivity index (χ2n) is 5.36. The molecule has 0 N–H and O–H groups in total. The highest BCUT2D eigenvalue weighted by molar-refractivity contribution is 6.02. The highest BCUT2D eigenvalue weighted by atomic mass is 16.1. The average molecular weight is 243 g/mol. The fourth-order valence-corrected chi connectivity index (χ4v) is 2.99. The van der Waals surface area contributed by atoms with Crippen LogP contribution in [0.5, 0.6) is 0 Å². The zero-order valence-electron chi connectivity index (χ0n) is 10.6. The quantitative estimate of drug-likeness (QED) is 0.747. The highest BCUT2D eigenvalue weighted by Gasteiger charge is 2.29. The van der Waals surface area contributed by atoms with Gasteiger partial charge < -0.3 is 4.90 Å². The van der Waals surface area contributed by atoms with E-state index in [-0.39, 0.29) is 17.5 Å². The number of hydrogen-bond acceptors (Lipinski definition) is 3. The predicted octanol–water partition coefficient (Wildman–Crippen LogP) is 2.23. The molecule has 0 radical (unpaired) electrons. The molecule has 1 aromatic carbocycles. The SMILES string of the molecule is CN1CCc2cc(C(=O)C3CCC(=O)C3)ccc21. The number of anilines is 1. The second-order valence-corrected chi connectivity index (χ2v) is 5.36. The number of Topliss-reactive ketones (excluding diaryl/α,β-unsaturated/α-hetero) is 2. The van der Waals surface area contributed by atoms with E-state index < -0.39 is 0 Å². The molecule has 1 fully saturated rings. The van der Waals surface area contributed by atoms with Crippen LogP contribution >= 0.6 is 0 Å². The molecule has 2 aliphatic rings. The molecule has 3 nitrogen and oxygen atoms in total. The zero-order chi connectivity index (χ0) is 12.7. The van der Waals surface area contributed by atoms with Gasteiger partial charge in [0.1, 0.15) is 5.78 Å². The van der Waals surface area contributed by atoms with Crippen LogP contribution in [0, 0.1) is 5.92 Å². The van der Waals surface area contributed by atoms with Crippen LogP contribution in [0.2, 0.25) is 0 Å². The van der Waals surface area contributed by atoms with E-state index in [4.69, 9.17) is 0 Å². The summed E-state index contributed by atoms with van der Waals surface area (Å²) in [6, 6.07) is 5.96. The molecule has 1 aliphatic heterocycles. The van der Waals surface area contributed by atoms with Gasteiger partial charge >= 0.3 is 0 Å². The largest absolute Gasteiger partial charge is 0.374 e. The lowest BCUT2D eigenvalue weighted by Crippen LogP contribution is -2.13. The molecule has 94 valence electrons. The van der Waals surface area contributed by atoms with Gasteiger partial charge in [-0.15, -0.1) is 0 Å². The number of hydrogen-bond donors (Lipinski definition) is 0. The molecule has 1 aliphatic carbocycles. The molecule has 3 rings (SSSR count). The molecule has 0 aromatic heterocycles. The van der Waals surface area contributed by atoms with E-state index in [0.717, 1.165) is 24.9 Å². The number of likely N-dealkylation sites (N-methyl/N-ethyl adjacent to an activating group) is 1. The third kappa shape index (κ3) is 1.84. The van der Waals surface area contributed by atoms with Crippen molar-refractivity contribution in [1.82, 2.24) is 0 Å². The van der Waals surface area contributed by atoms with Crippen molar-refractivity contribution in [2.24, 2.45) is 5.92 Å². The Bertz CT molecular complexity index is 521. The molecule has 1 aromatic rings. The van der Waals surface area contributed by atoms with E-state index in [9.17, 15) is 9.59 Å². The molecular formula is C15H17NO2. The Morgan fingerprint density at radius 1 is 1.33 bits per heavy atom. The van der Waals surface area contributed by atoms with Gasteiger partial charge in [0.25, 0.3) is 0 Å². The minimum absolute atomic E-state index is 0.0744. The fourth-order valence-electron chi connectivity index (χ4n) is 2.99. The average Bonchev–Trinajstić information content (AvgIpc) is 2.95. The van der Waals surface area contributed by atoms with Crippen LogP contribution in [-0.4, -0.2) is 25.2 Å². The summed E-state index contributed by atoms with van der Waals surface area (Å²) in [7, 11) is 2.07. The van der Waals surface area contributed by atoms with Gasteiger partial charge in [0.05, 0.1) is 0 Å². The van der Waals surface area contributed by atoms with E-state index in [2.05, 4.69) is 11.9 Å². The lowest BCUT2D eigenvalue weighted by Gasteiger charge is -2.13. The maximum Gasteiger partial charge on any atom is 0.166 e. The Hall–Kier alpha value is -1.64. The lowest BCUT2D eigenvalue weighted by atomic mass is 9.94. The van der Waals surface area contributed by atoms with Gasteiger partial charge in [-0.25, -0.2) is 0 Å². The fraction of sp³-hybridized carbons (Fsp3) is 0.467. The third-order valence-corrected chi connectivity index (χ3v) is 4.11. The van der Waals surface area contributed by atoms with E-state index in [0.29, 0.717) is 12.8 Å². The molecule has 1 atom stereocenters. The van der Waals surface area contributed by atoms with E-state index in [1.807, 2.05) is 18.2 Å². The Labute approximate surface area is 107 Å². The monoisotopic (exact) mass is 243 g/mol. The van der Waals surface area contributed by atoms with Crippen LogP contribution in [0.3, 0.4) is 0 Å². The molecule has 1 unspecified atom stereocenters. The summed E-state index contributed by atoms with van der Waals surface area (Å²) in [5.74, 6) is 0.308. The Kier molecular flexibility index (Phi) is 2.69. The molecule has 1 heterocycles. The number of rotatable bonds is 2. The molecule has 18 heavy (non-hydrogen) atoms. The summed E-state index contributed by atoms with van der Waals surface area (Å²) in [5.41, 5.74) is 3.27. The number of carbonyl (C=O) groups is 2. The maximum absolute atomic E-state index is 12.3. The first kappa shape index (κ1) is 11.5. The molecule has 0 saturated heterocycles. The Balaban J connectivity index is 1.85. The van der Waals surface area contributed by atoms with Gasteiger partial charge in [-0.05, 0) is 36.6 Å². The summed E-state index contributed by atoms with van der Waals surface area (Å²) in [5, 5.41) is 0. The van der Waals surface area contributed by atoms with Gasteiger partial charge in [-0.1, -0.05) is 0 Å². The minimum atomic E-state index is -0.0744. The number of fused-ring (bicyclic) bond motifs is 1. The smallest absolute Gasteiger partial charge is 0.166 e. The standard InChI is InChI=1S/C15H17NO2/c1-16-7-6-10-8-11(3-5-14(10)16)15(18)12-2-4-13(17)9-12/h3,5,8,12H,2,4,6-7,9H2,1H3. The van der Waals surface area contributed by atoms with E-state index >= 15 is 0 Å². The molecule has 3 heteroatoms. The van der Waals surface area contributed by atoms with Crippen molar-refractivity contribution >= 4 is 17.3 Å². The minimum Gasteiger partial charge on any atom is -0.374 e. The van der Waals surface area contributed by atoms with Gasteiger partial charge in [0.15, 0.2) is 5.78 Å². The summed E-state index contributed by atoms with van der Waals surface area (Å²) < 4.78 is 0. The summed E-state index contributed by atoms with van der Waals surface area (Å²) in [6.07, 6.45) is 2.76. The van der Waals surface area contributed by atoms with E-state index in [1.54, 1.807) is 0 Å². The van der Waals surface area contributed by atoms with Crippen LogP contribution in [0.1, 0.15) is 35.2 Å². The Morgan fingerprint density at radius 2 is 2.17 bits per heavy atom. The van der Waals surface area contributed by atoms with Crippen molar-refractivity contribution in [3.8, 4) is 0 Å². The van der Waals surface area contributed by atoms with Gasteiger partial charge in [0.2, 0.25) is 0 Å². The predicted molar refractivity (Wildman–Crippen MR) is 70.1 cm³/mol. The lowest BCUT2D eigenvalue weighted by molar-refractivity contribution is -0.117. The van der Waals surface area contributed by atoms with Gasteiger partial charge in [-0.2, -0.15) is 0 Å². The zero-order valence-corrected chi connectivity index (χ0v) is 10.6. The third-order valence-electron chi connectivity index (χ3n) is 4.11. The van der Waals surface area contributed by atoms with Crippen molar-refractivity contribution in [3.63, 3.8) is 0 Å². The van der Waals surface area contributed by atoms with Crippen LogP contribution in [0.15, 0.2) is 18.2 Å². The summed E-state index contributed by atoms with van der Waals surface area (Å²) in [6.45, 7) is 1.02. The van der Waals surface area contributed by atoms with Crippen LogP contribution in [0.25, 0.3) is 0 Å². The van der Waals surface area contributed by atoms with Crippen LogP contribution < -0.4 is 4.90 Å². The first-order chi connectivity index (χ1) is 8.65. The number of ketones is 2. The Morgan fingerprint density at radius 3 is 2.89 bits per heavy atom. The molecule has 0 spiro atoms. The van der Waals surface area contributed by atoms with Crippen LogP contribution in [-0.2, 0) is 11.2 Å². The van der Waals surface area contributed by atoms with Gasteiger partial charge in [-0.3, -0.25) is 9.59 Å². The first-order valence-electron chi connectivity index (χ1n) is 6.55. The second kappa shape index (κ2) is 4.23. The number of carbonyl (C=O) groups excluding carboxylic acids is 2. The molecule has 0 bridgehead atoms. The van der Waals surface area contributed by atoms with Gasteiger partial charge in [0, 0.05) is 43.6 Å². The maximum atomic E-state index is 12.3. The normalized spacial score (nSPS) is 22.4. The van der Waals surface area contributed by atoms with Crippen molar-refractivity contribution in [2.45, 2.75) is 25.7 Å². The number of benzene rings is 1. The summed E-state index contributed by atoms with van der Waals surface area (Å²) in [4.78, 5) is 25.8. The van der Waals surface area contributed by atoms with E-state index in [1.165, 1.54) is 11.3 Å².